The lowest BCUT2D eigenvalue weighted by Crippen LogP contribution is -2.40. The number of halogens is 2. The Morgan fingerprint density at radius 2 is 1.89 bits per heavy atom. The number of Topliss-reactive ketones (excluding diaryl/α,β-unsaturated/α-hetero) is 1. The highest BCUT2D eigenvalue weighted by atomic mass is 28.3. The van der Waals surface area contributed by atoms with Gasteiger partial charge in [0.2, 0.25) is 5.92 Å². The Morgan fingerprint density at radius 1 is 1.20 bits per heavy atom. The minimum absolute atomic E-state index is 0.177. The minimum atomic E-state index is -2.82. The lowest BCUT2D eigenvalue weighted by molar-refractivity contribution is 0.00162. The van der Waals surface area contributed by atoms with E-state index in [0.29, 0.717) is 38.0 Å². The fourth-order valence-electron chi connectivity index (χ4n) is 5.25. The van der Waals surface area contributed by atoms with E-state index in [-0.39, 0.29) is 31.2 Å². The first-order valence-electron chi connectivity index (χ1n) is 12.7. The zero-order valence-corrected chi connectivity index (χ0v) is 22.9. The Hall–Kier alpha value is -1.81. The van der Waals surface area contributed by atoms with Gasteiger partial charge >= 0.3 is 6.09 Å². The van der Waals surface area contributed by atoms with E-state index in [4.69, 9.17) is 9.47 Å². The largest absolute Gasteiger partial charge is 0.444 e. The highest BCUT2D eigenvalue weighted by Gasteiger charge is 2.64. The number of fused-ring (bicyclic) bond motifs is 1. The van der Waals surface area contributed by atoms with Crippen molar-refractivity contribution in [1.29, 1.82) is 0 Å². The third-order valence-corrected chi connectivity index (χ3v) is 8.99. The molecule has 0 N–H and O–H groups in total. The Bertz CT molecular complexity index is 992. The molecule has 2 heterocycles. The average molecular weight is 512 g/mol. The summed E-state index contributed by atoms with van der Waals surface area (Å²) in [5, 5.41) is 4.61. The number of hydrogen-bond donors (Lipinski definition) is 0. The highest BCUT2D eigenvalue weighted by Crippen LogP contribution is 2.66. The van der Waals surface area contributed by atoms with Gasteiger partial charge in [-0.2, -0.15) is 5.10 Å². The number of alkyl halides is 2. The van der Waals surface area contributed by atoms with E-state index in [9.17, 15) is 18.4 Å². The first-order valence-corrected chi connectivity index (χ1v) is 16.4. The van der Waals surface area contributed by atoms with E-state index in [1.165, 1.54) is 0 Å². The molecule has 0 radical (unpaired) electrons. The first-order chi connectivity index (χ1) is 16.1. The van der Waals surface area contributed by atoms with Gasteiger partial charge in [0.1, 0.15) is 18.0 Å². The number of carbonyl (C=O) groups is 2. The van der Waals surface area contributed by atoms with Gasteiger partial charge in [-0.25, -0.2) is 18.3 Å². The van der Waals surface area contributed by atoms with Crippen LogP contribution in [0.3, 0.4) is 0 Å². The molecule has 4 rings (SSSR count). The molecule has 0 saturated heterocycles. The number of hydrogen-bond acceptors (Lipinski definition) is 5. The molecule has 10 heteroatoms. The third kappa shape index (κ3) is 5.95. The van der Waals surface area contributed by atoms with E-state index in [1.807, 2.05) is 0 Å². The van der Waals surface area contributed by atoms with Crippen LogP contribution in [-0.2, 0) is 29.2 Å². The zero-order chi connectivity index (χ0) is 25.8. The van der Waals surface area contributed by atoms with Gasteiger partial charge in [0.05, 0.1) is 6.54 Å². The molecule has 35 heavy (non-hydrogen) atoms. The van der Waals surface area contributed by atoms with Crippen molar-refractivity contribution in [2.45, 2.75) is 103 Å². The molecule has 2 saturated carbocycles. The molecule has 0 aromatic carbocycles. The van der Waals surface area contributed by atoms with Crippen molar-refractivity contribution in [2.75, 3.05) is 13.2 Å². The number of amides is 1. The second-order valence-corrected chi connectivity index (χ2v) is 18.4. The summed E-state index contributed by atoms with van der Waals surface area (Å²) >= 11 is 0. The summed E-state index contributed by atoms with van der Waals surface area (Å²) in [6.07, 6.45) is 0.723. The van der Waals surface area contributed by atoms with Gasteiger partial charge < -0.3 is 14.4 Å². The lowest BCUT2D eigenvalue weighted by atomic mass is 9.86. The summed E-state index contributed by atoms with van der Waals surface area (Å²) in [7, 11) is -1.26. The van der Waals surface area contributed by atoms with Crippen molar-refractivity contribution in [3.8, 4) is 0 Å². The molecule has 2 fully saturated rings. The summed E-state index contributed by atoms with van der Waals surface area (Å²) in [5.41, 5.74) is 0.474. The predicted molar refractivity (Wildman–Crippen MR) is 130 cm³/mol. The molecule has 2 aliphatic carbocycles. The SMILES string of the molecule is CC(C)(C)OC(=O)N1CCc2c(c(C(=O)C3CC(F)(F)CC34CC4)nn2COCC[Si](C)(C)C)C1. The standard InChI is InChI=1S/C25H39F2N3O4Si/c1-23(2,3)34-22(32)29-10-7-19-17(14-29)20(28-30(19)16-33-11-12-35(4,5)6)21(31)18-13-25(26,27)15-24(18)8-9-24/h18H,7-16H2,1-6H3. The normalized spacial score (nSPS) is 22.9. The summed E-state index contributed by atoms with van der Waals surface area (Å²) < 4.78 is 41.8. The molecule has 1 aromatic rings. The van der Waals surface area contributed by atoms with E-state index in [1.54, 1.807) is 30.4 Å². The number of ketones is 1. The Morgan fingerprint density at radius 3 is 2.49 bits per heavy atom. The van der Waals surface area contributed by atoms with Gasteiger partial charge in [-0.15, -0.1) is 0 Å². The molecule has 3 aliphatic rings. The molecule has 1 atom stereocenters. The third-order valence-electron chi connectivity index (χ3n) is 7.29. The highest BCUT2D eigenvalue weighted by molar-refractivity contribution is 6.76. The van der Waals surface area contributed by atoms with Gasteiger partial charge in [-0.05, 0) is 45.1 Å². The predicted octanol–water partition coefficient (Wildman–Crippen LogP) is 5.50. The maximum atomic E-state index is 14.3. The van der Waals surface area contributed by atoms with Crippen molar-refractivity contribution in [3.05, 3.63) is 17.0 Å². The Balaban J connectivity index is 1.59. The van der Waals surface area contributed by atoms with E-state index < -0.39 is 43.4 Å². The monoisotopic (exact) mass is 511 g/mol. The lowest BCUT2D eigenvalue weighted by Gasteiger charge is -2.30. The first kappa shape index (κ1) is 26.3. The molecule has 1 aliphatic heterocycles. The van der Waals surface area contributed by atoms with Crippen LogP contribution in [0.1, 0.15) is 68.2 Å². The van der Waals surface area contributed by atoms with E-state index in [0.717, 1.165) is 11.7 Å². The van der Waals surface area contributed by atoms with Crippen LogP contribution in [-0.4, -0.2) is 59.3 Å². The Labute approximate surface area is 207 Å². The van der Waals surface area contributed by atoms with E-state index >= 15 is 0 Å². The number of rotatable bonds is 7. The minimum Gasteiger partial charge on any atom is -0.444 e. The zero-order valence-electron chi connectivity index (χ0n) is 21.9. The quantitative estimate of drug-likeness (QED) is 0.275. The Kier molecular flexibility index (Phi) is 6.70. The van der Waals surface area contributed by atoms with Crippen molar-refractivity contribution >= 4 is 20.0 Å². The smallest absolute Gasteiger partial charge is 0.410 e. The fourth-order valence-corrected chi connectivity index (χ4v) is 6.01. The van der Waals surface area contributed by atoms with Crippen LogP contribution in [0, 0.1) is 11.3 Å². The van der Waals surface area contributed by atoms with Crippen molar-refractivity contribution in [2.24, 2.45) is 11.3 Å². The molecular formula is C25H39F2N3O4Si. The van der Waals surface area contributed by atoms with Crippen LogP contribution in [0.25, 0.3) is 0 Å². The van der Waals surface area contributed by atoms with Crippen LogP contribution in [0.2, 0.25) is 25.7 Å². The van der Waals surface area contributed by atoms with Crippen molar-refractivity contribution < 1.29 is 27.8 Å². The van der Waals surface area contributed by atoms with Crippen molar-refractivity contribution in [3.63, 3.8) is 0 Å². The van der Waals surface area contributed by atoms with Crippen LogP contribution in [0.15, 0.2) is 0 Å². The molecular weight excluding hydrogens is 472 g/mol. The number of aromatic nitrogens is 2. The molecule has 1 spiro atoms. The molecule has 1 amide bonds. The molecule has 1 aromatic heterocycles. The van der Waals surface area contributed by atoms with Gasteiger partial charge in [0.25, 0.3) is 0 Å². The maximum Gasteiger partial charge on any atom is 0.410 e. The second kappa shape index (κ2) is 8.94. The average Bonchev–Trinajstić information content (AvgIpc) is 3.29. The van der Waals surface area contributed by atoms with Crippen LogP contribution in [0.5, 0.6) is 0 Å². The molecule has 0 bridgehead atoms. The molecule has 196 valence electrons. The van der Waals surface area contributed by atoms with Gasteiger partial charge in [-0.3, -0.25) is 4.79 Å². The van der Waals surface area contributed by atoms with Gasteiger partial charge in [0, 0.05) is 57.7 Å². The van der Waals surface area contributed by atoms with Crippen LogP contribution in [0.4, 0.5) is 13.6 Å². The van der Waals surface area contributed by atoms with Gasteiger partial charge in [0.15, 0.2) is 5.78 Å². The summed E-state index contributed by atoms with van der Waals surface area (Å²) in [6, 6.07) is 1.01. The summed E-state index contributed by atoms with van der Waals surface area (Å²) in [4.78, 5) is 28.0. The van der Waals surface area contributed by atoms with Crippen LogP contribution < -0.4 is 0 Å². The number of nitrogens with zero attached hydrogens (tertiary/aromatic N) is 3. The molecule has 1 unspecified atom stereocenters. The topological polar surface area (TPSA) is 73.7 Å². The summed E-state index contributed by atoms with van der Waals surface area (Å²) in [6.45, 7) is 13.7. The second-order valence-electron chi connectivity index (χ2n) is 12.8. The maximum absolute atomic E-state index is 14.3. The molecule has 7 nitrogen and oxygen atoms in total. The van der Waals surface area contributed by atoms with E-state index in [2.05, 4.69) is 24.7 Å². The van der Waals surface area contributed by atoms with Crippen molar-refractivity contribution in [1.82, 2.24) is 14.7 Å². The fraction of sp³-hybridized carbons (Fsp3) is 0.800. The summed E-state index contributed by atoms with van der Waals surface area (Å²) in [5.74, 6) is -3.86. The number of ether oxygens (including phenoxy) is 2. The van der Waals surface area contributed by atoms with Crippen LogP contribution >= 0.6 is 0 Å². The number of carbonyl (C=O) groups excluding carboxylic acids is 2. The van der Waals surface area contributed by atoms with Gasteiger partial charge in [-0.1, -0.05) is 19.6 Å².